The smallest absolute Gasteiger partial charge is 0.338 e. The van der Waals surface area contributed by atoms with Gasteiger partial charge in [-0.05, 0) is 47.8 Å². The van der Waals surface area contributed by atoms with E-state index < -0.39 is 5.97 Å². The standard InChI is InChI=1S/C28H38O3/c1-11-19-14-20(24(29)22(15-19)27(5,6)7)16-21-12-18(4)13-23(28(8,9)10)25(21)31-26(30)17(2)3/h12-15,29H,2,11,16H2,1,3-10H3. The van der Waals surface area contributed by atoms with Crippen LogP contribution in [0.15, 0.2) is 36.4 Å². The van der Waals surface area contributed by atoms with E-state index >= 15 is 0 Å². The molecule has 0 spiro atoms. The van der Waals surface area contributed by atoms with Gasteiger partial charge in [-0.1, -0.05) is 84.9 Å². The van der Waals surface area contributed by atoms with Crippen molar-refractivity contribution in [1.29, 1.82) is 0 Å². The summed E-state index contributed by atoms with van der Waals surface area (Å²) in [5.74, 6) is 0.461. The molecule has 0 aliphatic rings. The van der Waals surface area contributed by atoms with E-state index in [1.807, 2.05) is 13.0 Å². The topological polar surface area (TPSA) is 46.5 Å². The van der Waals surface area contributed by atoms with E-state index in [1.54, 1.807) is 6.92 Å². The fourth-order valence-electron chi connectivity index (χ4n) is 3.71. The molecule has 0 amide bonds. The second-order valence-electron chi connectivity index (χ2n) is 10.7. The third-order valence-corrected chi connectivity index (χ3v) is 5.51. The van der Waals surface area contributed by atoms with Crippen molar-refractivity contribution < 1.29 is 14.6 Å². The monoisotopic (exact) mass is 422 g/mol. The molecule has 0 saturated carbocycles. The zero-order valence-electron chi connectivity index (χ0n) is 20.7. The lowest BCUT2D eigenvalue weighted by atomic mass is 9.81. The van der Waals surface area contributed by atoms with Gasteiger partial charge in [-0.3, -0.25) is 0 Å². The van der Waals surface area contributed by atoms with E-state index in [0.29, 0.717) is 23.5 Å². The first kappa shape index (κ1) is 24.7. The molecule has 2 aromatic carbocycles. The number of carbonyl (C=O) groups is 1. The van der Waals surface area contributed by atoms with Gasteiger partial charge in [0.25, 0.3) is 0 Å². The number of hydrogen-bond donors (Lipinski definition) is 1. The highest BCUT2D eigenvalue weighted by Crippen LogP contribution is 2.40. The molecule has 3 heteroatoms. The molecule has 3 nitrogen and oxygen atoms in total. The Kier molecular flexibility index (Phi) is 7.10. The summed E-state index contributed by atoms with van der Waals surface area (Å²) in [4.78, 5) is 12.5. The molecule has 1 N–H and O–H groups in total. The van der Waals surface area contributed by atoms with E-state index in [2.05, 4.69) is 73.2 Å². The minimum absolute atomic E-state index is 0.178. The van der Waals surface area contributed by atoms with E-state index in [4.69, 9.17) is 4.74 Å². The van der Waals surface area contributed by atoms with Crippen LogP contribution in [0.1, 0.15) is 88.8 Å². The van der Waals surface area contributed by atoms with Crippen LogP contribution in [0.2, 0.25) is 0 Å². The van der Waals surface area contributed by atoms with Crippen LogP contribution in [0, 0.1) is 6.92 Å². The molecule has 2 aromatic rings. The molecule has 0 aliphatic heterocycles. The van der Waals surface area contributed by atoms with Crippen molar-refractivity contribution in [3.8, 4) is 11.5 Å². The third kappa shape index (κ3) is 5.78. The van der Waals surface area contributed by atoms with Crippen LogP contribution in [0.3, 0.4) is 0 Å². The number of phenolic OH excluding ortho intramolecular Hbond substituents is 1. The number of rotatable bonds is 5. The Labute approximate surface area is 188 Å². The van der Waals surface area contributed by atoms with Crippen molar-refractivity contribution in [2.75, 3.05) is 0 Å². The summed E-state index contributed by atoms with van der Waals surface area (Å²) in [6.07, 6.45) is 1.36. The Morgan fingerprint density at radius 2 is 1.55 bits per heavy atom. The molecule has 0 radical (unpaired) electrons. The lowest BCUT2D eigenvalue weighted by molar-refractivity contribution is -0.130. The number of aromatic hydroxyl groups is 1. The van der Waals surface area contributed by atoms with Gasteiger partial charge in [0.2, 0.25) is 0 Å². The molecule has 168 valence electrons. The van der Waals surface area contributed by atoms with Crippen molar-refractivity contribution in [3.05, 3.63) is 69.8 Å². The summed E-state index contributed by atoms with van der Waals surface area (Å²) in [7, 11) is 0. The predicted molar refractivity (Wildman–Crippen MR) is 129 cm³/mol. The van der Waals surface area contributed by atoms with Gasteiger partial charge < -0.3 is 9.84 Å². The largest absolute Gasteiger partial charge is 0.507 e. The van der Waals surface area contributed by atoms with Gasteiger partial charge in [-0.25, -0.2) is 4.79 Å². The number of aryl methyl sites for hydroxylation is 2. The number of benzene rings is 2. The maximum atomic E-state index is 12.5. The third-order valence-electron chi connectivity index (χ3n) is 5.51. The fourth-order valence-corrected chi connectivity index (χ4v) is 3.71. The van der Waals surface area contributed by atoms with Gasteiger partial charge in [0, 0.05) is 23.1 Å². The van der Waals surface area contributed by atoms with Crippen LogP contribution < -0.4 is 4.74 Å². The second-order valence-corrected chi connectivity index (χ2v) is 10.7. The zero-order valence-corrected chi connectivity index (χ0v) is 20.7. The van der Waals surface area contributed by atoms with Gasteiger partial charge in [0.1, 0.15) is 11.5 Å². The minimum Gasteiger partial charge on any atom is -0.507 e. The molecule has 0 heterocycles. The molecule has 0 bridgehead atoms. The molecule has 0 aliphatic carbocycles. The number of phenols is 1. The van der Waals surface area contributed by atoms with E-state index in [9.17, 15) is 9.90 Å². The van der Waals surface area contributed by atoms with Gasteiger partial charge >= 0.3 is 5.97 Å². The molecular weight excluding hydrogens is 384 g/mol. The quantitative estimate of drug-likeness (QED) is 0.323. The van der Waals surface area contributed by atoms with E-state index in [0.717, 1.165) is 34.2 Å². The lowest BCUT2D eigenvalue weighted by Crippen LogP contribution is -2.19. The van der Waals surface area contributed by atoms with E-state index in [-0.39, 0.29) is 10.8 Å². The van der Waals surface area contributed by atoms with Crippen molar-refractivity contribution in [3.63, 3.8) is 0 Å². The Hall–Kier alpha value is -2.55. The summed E-state index contributed by atoms with van der Waals surface area (Å²) in [5.41, 5.74) is 5.89. The highest BCUT2D eigenvalue weighted by molar-refractivity contribution is 5.89. The Bertz CT molecular complexity index is 998. The van der Waals surface area contributed by atoms with Crippen LogP contribution in [0.5, 0.6) is 11.5 Å². The number of carbonyl (C=O) groups excluding carboxylic acids is 1. The Morgan fingerprint density at radius 3 is 2.03 bits per heavy atom. The summed E-state index contributed by atoms with van der Waals surface area (Å²) >= 11 is 0. The minimum atomic E-state index is -0.433. The molecule has 2 rings (SSSR count). The number of ether oxygens (including phenoxy) is 1. The first-order valence-electron chi connectivity index (χ1n) is 11.0. The SMILES string of the molecule is C=C(C)C(=O)Oc1c(Cc2cc(CC)cc(C(C)(C)C)c2O)cc(C)cc1C(C)(C)C. The maximum Gasteiger partial charge on any atom is 0.338 e. The summed E-state index contributed by atoms with van der Waals surface area (Å²) in [6, 6.07) is 8.28. The summed E-state index contributed by atoms with van der Waals surface area (Å²) in [6.45, 7) is 22.2. The Morgan fingerprint density at radius 1 is 0.968 bits per heavy atom. The first-order valence-corrected chi connectivity index (χ1v) is 11.0. The van der Waals surface area contributed by atoms with Crippen LogP contribution in [0.25, 0.3) is 0 Å². The van der Waals surface area contributed by atoms with Gasteiger partial charge in [-0.2, -0.15) is 0 Å². The second kappa shape index (κ2) is 8.90. The predicted octanol–water partition coefficient (Wildman–Crippen LogP) is 6.93. The van der Waals surface area contributed by atoms with Crippen molar-refractivity contribution in [2.45, 2.75) is 86.0 Å². The average molecular weight is 423 g/mol. The maximum absolute atomic E-state index is 12.5. The molecular formula is C28H38O3. The molecule has 0 fully saturated rings. The highest BCUT2D eigenvalue weighted by atomic mass is 16.5. The zero-order chi connectivity index (χ0) is 23.7. The van der Waals surface area contributed by atoms with Crippen molar-refractivity contribution >= 4 is 5.97 Å². The highest BCUT2D eigenvalue weighted by Gasteiger charge is 2.26. The van der Waals surface area contributed by atoms with E-state index in [1.165, 1.54) is 5.56 Å². The van der Waals surface area contributed by atoms with Crippen LogP contribution in [-0.2, 0) is 28.5 Å². The fraction of sp³-hybridized carbons (Fsp3) is 0.464. The molecule has 0 saturated heterocycles. The summed E-state index contributed by atoms with van der Waals surface area (Å²) < 4.78 is 5.87. The summed E-state index contributed by atoms with van der Waals surface area (Å²) in [5, 5.41) is 11.1. The Balaban J connectivity index is 2.73. The van der Waals surface area contributed by atoms with Crippen molar-refractivity contribution in [2.24, 2.45) is 0 Å². The van der Waals surface area contributed by atoms with Gasteiger partial charge in [-0.15, -0.1) is 0 Å². The lowest BCUT2D eigenvalue weighted by Gasteiger charge is -2.26. The first-order chi connectivity index (χ1) is 14.1. The van der Waals surface area contributed by atoms with Crippen LogP contribution in [0.4, 0.5) is 0 Å². The van der Waals surface area contributed by atoms with Crippen LogP contribution in [-0.4, -0.2) is 11.1 Å². The van der Waals surface area contributed by atoms with Crippen molar-refractivity contribution in [1.82, 2.24) is 0 Å². The van der Waals surface area contributed by atoms with Gasteiger partial charge in [0.05, 0.1) is 0 Å². The molecule has 0 unspecified atom stereocenters. The molecule has 0 aromatic heterocycles. The van der Waals surface area contributed by atoms with Crippen LogP contribution >= 0.6 is 0 Å². The average Bonchev–Trinajstić information content (AvgIpc) is 2.63. The molecule has 31 heavy (non-hydrogen) atoms. The molecule has 0 atom stereocenters. The van der Waals surface area contributed by atoms with Gasteiger partial charge in [0.15, 0.2) is 0 Å². The number of hydrogen-bond acceptors (Lipinski definition) is 3. The number of esters is 1. The normalized spacial score (nSPS) is 12.0.